The number of piperidine rings is 3. The monoisotopic (exact) mass is 322 g/mol. The Hall–Kier alpha value is -2.14. The number of fused-ring (bicyclic) bond motifs is 4. The van der Waals surface area contributed by atoms with Gasteiger partial charge < -0.3 is 10.1 Å². The van der Waals surface area contributed by atoms with Crippen molar-refractivity contribution in [1.82, 2.24) is 15.1 Å². The first-order chi connectivity index (χ1) is 11.8. The van der Waals surface area contributed by atoms with Crippen LogP contribution < -0.4 is 10.1 Å². The third-order valence-corrected chi connectivity index (χ3v) is 5.62. The van der Waals surface area contributed by atoms with Crippen LogP contribution in [-0.4, -0.2) is 47.4 Å². The van der Waals surface area contributed by atoms with Crippen molar-refractivity contribution in [3.8, 4) is 17.1 Å². The lowest BCUT2D eigenvalue weighted by Gasteiger charge is -2.44. The Bertz CT molecular complexity index is 738. The van der Waals surface area contributed by atoms with Crippen molar-refractivity contribution in [3.05, 3.63) is 35.9 Å². The second-order valence-corrected chi connectivity index (χ2v) is 7.10. The molecule has 3 fully saturated rings. The number of anilines is 1. The maximum Gasteiger partial charge on any atom is 0.233 e. The fourth-order valence-corrected chi connectivity index (χ4v) is 4.20. The van der Waals surface area contributed by atoms with Gasteiger partial charge in [-0.1, -0.05) is 6.07 Å². The lowest BCUT2D eigenvalue weighted by atomic mass is 9.86. The molecule has 0 unspecified atom stereocenters. The van der Waals surface area contributed by atoms with Crippen LogP contribution in [0.1, 0.15) is 18.4 Å². The molecular formula is C19H22N4O. The van der Waals surface area contributed by atoms with Gasteiger partial charge in [-0.15, -0.1) is 10.2 Å². The SMILES string of the molecule is c1cc2c(cc1-c1ccc(O[C@H]3CN4CCC3CC4)nn1)CCN2. The van der Waals surface area contributed by atoms with E-state index in [-0.39, 0.29) is 6.10 Å². The summed E-state index contributed by atoms with van der Waals surface area (Å²) in [6.45, 7) is 4.51. The molecule has 1 aromatic carbocycles. The van der Waals surface area contributed by atoms with Crippen LogP contribution in [0.2, 0.25) is 0 Å². The second-order valence-electron chi connectivity index (χ2n) is 7.10. The van der Waals surface area contributed by atoms with Crippen LogP contribution in [0.4, 0.5) is 5.69 Å². The van der Waals surface area contributed by atoms with E-state index >= 15 is 0 Å². The number of ether oxygens (including phenoxy) is 1. The van der Waals surface area contributed by atoms with Gasteiger partial charge in [0.15, 0.2) is 0 Å². The Balaban J connectivity index is 1.32. The van der Waals surface area contributed by atoms with Crippen LogP contribution in [0.15, 0.2) is 30.3 Å². The molecule has 5 heterocycles. The van der Waals surface area contributed by atoms with Crippen molar-refractivity contribution in [2.45, 2.75) is 25.4 Å². The fraction of sp³-hybridized carbons (Fsp3) is 0.474. The van der Waals surface area contributed by atoms with Gasteiger partial charge >= 0.3 is 0 Å². The van der Waals surface area contributed by atoms with E-state index in [0.29, 0.717) is 11.8 Å². The van der Waals surface area contributed by atoms with Crippen molar-refractivity contribution in [1.29, 1.82) is 0 Å². The quantitative estimate of drug-likeness (QED) is 0.941. The van der Waals surface area contributed by atoms with E-state index in [9.17, 15) is 0 Å². The van der Waals surface area contributed by atoms with Crippen LogP contribution in [0.25, 0.3) is 11.3 Å². The Kier molecular flexibility index (Phi) is 3.40. The van der Waals surface area contributed by atoms with E-state index in [4.69, 9.17) is 4.74 Å². The molecule has 0 aliphatic carbocycles. The van der Waals surface area contributed by atoms with Gasteiger partial charge in [0.1, 0.15) is 6.10 Å². The van der Waals surface area contributed by atoms with E-state index in [2.05, 4.69) is 38.6 Å². The van der Waals surface area contributed by atoms with Crippen molar-refractivity contribution in [3.63, 3.8) is 0 Å². The van der Waals surface area contributed by atoms with E-state index in [0.717, 1.165) is 30.8 Å². The minimum Gasteiger partial charge on any atom is -0.472 e. The highest BCUT2D eigenvalue weighted by Crippen LogP contribution is 2.31. The molecule has 4 aliphatic heterocycles. The Morgan fingerprint density at radius 2 is 2.00 bits per heavy atom. The fourth-order valence-electron chi connectivity index (χ4n) is 4.20. The molecule has 5 heteroatoms. The lowest BCUT2D eigenvalue weighted by molar-refractivity contribution is -0.0103. The molecular weight excluding hydrogens is 300 g/mol. The minimum atomic E-state index is 0.277. The summed E-state index contributed by atoms with van der Waals surface area (Å²) in [6.07, 6.45) is 3.86. The molecule has 4 aliphatic rings. The molecule has 3 saturated heterocycles. The molecule has 2 aromatic rings. The van der Waals surface area contributed by atoms with Crippen LogP contribution in [0.5, 0.6) is 5.88 Å². The molecule has 1 N–H and O–H groups in total. The molecule has 1 aromatic heterocycles. The van der Waals surface area contributed by atoms with E-state index in [1.807, 2.05) is 12.1 Å². The second kappa shape index (κ2) is 5.74. The third kappa shape index (κ3) is 2.53. The molecule has 6 rings (SSSR count). The zero-order valence-electron chi connectivity index (χ0n) is 13.7. The molecule has 0 radical (unpaired) electrons. The minimum absolute atomic E-state index is 0.277. The van der Waals surface area contributed by atoms with Crippen LogP contribution in [0, 0.1) is 5.92 Å². The molecule has 1 atom stereocenters. The first kappa shape index (κ1) is 14.2. The number of nitrogens with one attached hydrogen (secondary N) is 1. The molecule has 124 valence electrons. The Morgan fingerprint density at radius 3 is 2.75 bits per heavy atom. The standard InChI is InChI=1S/C19H22N4O/c1-2-16-15(5-8-20-16)11-14(1)17-3-4-19(22-21-17)24-18-12-23-9-6-13(18)7-10-23/h1-4,11,13,18,20H,5-10,12H2/t18-/m0/s1. The summed E-state index contributed by atoms with van der Waals surface area (Å²) in [6, 6.07) is 10.4. The summed E-state index contributed by atoms with van der Waals surface area (Å²) < 4.78 is 6.13. The number of rotatable bonds is 3. The third-order valence-electron chi connectivity index (χ3n) is 5.62. The summed E-state index contributed by atoms with van der Waals surface area (Å²) in [7, 11) is 0. The van der Waals surface area contributed by atoms with Crippen molar-refractivity contribution >= 4 is 5.69 Å². The van der Waals surface area contributed by atoms with Crippen molar-refractivity contribution < 1.29 is 4.74 Å². The number of hydrogen-bond acceptors (Lipinski definition) is 5. The number of hydrogen-bond donors (Lipinski definition) is 1. The van der Waals surface area contributed by atoms with Crippen LogP contribution in [-0.2, 0) is 6.42 Å². The number of aromatic nitrogens is 2. The number of nitrogens with zero attached hydrogens (tertiary/aromatic N) is 3. The molecule has 2 bridgehead atoms. The summed E-state index contributed by atoms with van der Waals surface area (Å²) in [5.74, 6) is 1.33. The highest BCUT2D eigenvalue weighted by molar-refractivity contribution is 5.67. The van der Waals surface area contributed by atoms with Gasteiger partial charge in [0.25, 0.3) is 0 Å². The topological polar surface area (TPSA) is 50.3 Å². The maximum absolute atomic E-state index is 6.13. The van der Waals surface area contributed by atoms with Crippen LogP contribution >= 0.6 is 0 Å². The predicted octanol–water partition coefficient (Wildman–Crippen LogP) is 2.58. The zero-order valence-corrected chi connectivity index (χ0v) is 13.7. The van der Waals surface area contributed by atoms with Gasteiger partial charge in [0.05, 0.1) is 5.69 Å². The largest absolute Gasteiger partial charge is 0.472 e. The number of benzene rings is 1. The molecule has 0 saturated carbocycles. The first-order valence-electron chi connectivity index (χ1n) is 8.95. The van der Waals surface area contributed by atoms with Gasteiger partial charge in [-0.3, -0.25) is 4.90 Å². The van der Waals surface area contributed by atoms with Gasteiger partial charge in [-0.2, -0.15) is 0 Å². The summed E-state index contributed by atoms with van der Waals surface area (Å²) in [5.41, 5.74) is 4.64. The maximum atomic E-state index is 6.13. The van der Waals surface area contributed by atoms with Gasteiger partial charge in [0.2, 0.25) is 5.88 Å². The highest BCUT2D eigenvalue weighted by atomic mass is 16.5. The van der Waals surface area contributed by atoms with Crippen molar-refractivity contribution in [2.24, 2.45) is 5.92 Å². The highest BCUT2D eigenvalue weighted by Gasteiger charge is 2.35. The molecule has 5 nitrogen and oxygen atoms in total. The first-order valence-corrected chi connectivity index (χ1v) is 8.95. The van der Waals surface area contributed by atoms with Gasteiger partial charge in [0, 0.05) is 30.4 Å². The van der Waals surface area contributed by atoms with Crippen LogP contribution in [0.3, 0.4) is 0 Å². The average Bonchev–Trinajstić information content (AvgIpc) is 3.11. The van der Waals surface area contributed by atoms with E-state index in [1.165, 1.54) is 37.2 Å². The smallest absolute Gasteiger partial charge is 0.233 e. The normalized spacial score (nSPS) is 27.6. The summed E-state index contributed by atoms with van der Waals surface area (Å²) in [5, 5.41) is 12.1. The van der Waals surface area contributed by atoms with E-state index in [1.54, 1.807) is 0 Å². The molecule has 24 heavy (non-hydrogen) atoms. The lowest BCUT2D eigenvalue weighted by Crippen LogP contribution is -2.52. The predicted molar refractivity (Wildman–Crippen MR) is 93.2 cm³/mol. The van der Waals surface area contributed by atoms with Gasteiger partial charge in [-0.25, -0.2) is 0 Å². The Labute approximate surface area is 142 Å². The Morgan fingerprint density at radius 1 is 1.08 bits per heavy atom. The van der Waals surface area contributed by atoms with Crippen molar-refractivity contribution in [2.75, 3.05) is 31.5 Å². The summed E-state index contributed by atoms with van der Waals surface area (Å²) >= 11 is 0. The zero-order chi connectivity index (χ0) is 15.9. The van der Waals surface area contributed by atoms with E-state index < -0.39 is 0 Å². The molecule has 0 amide bonds. The van der Waals surface area contributed by atoms with Gasteiger partial charge in [-0.05, 0) is 62.0 Å². The average molecular weight is 322 g/mol. The molecule has 0 spiro atoms. The summed E-state index contributed by atoms with van der Waals surface area (Å²) in [4.78, 5) is 2.49.